The molecule has 0 aromatic heterocycles. The van der Waals surface area contributed by atoms with Crippen molar-refractivity contribution in [3.8, 4) is 0 Å². The van der Waals surface area contributed by atoms with Crippen molar-refractivity contribution < 1.29 is 0 Å². The largest absolute Gasteiger partial charge is 0.326 e. The van der Waals surface area contributed by atoms with E-state index in [1.54, 1.807) is 11.8 Å². The lowest BCUT2D eigenvalue weighted by atomic mass is 10.2. The summed E-state index contributed by atoms with van der Waals surface area (Å²) in [5, 5.41) is 0.208. The summed E-state index contributed by atoms with van der Waals surface area (Å²) in [6.45, 7) is 0. The van der Waals surface area contributed by atoms with Crippen LogP contribution in [0.1, 0.15) is 6.42 Å². The summed E-state index contributed by atoms with van der Waals surface area (Å²) < 4.78 is 0. The first kappa shape index (κ1) is 5.41. The van der Waals surface area contributed by atoms with E-state index in [4.69, 9.17) is 11.5 Å². The molecule has 2 nitrogen and oxygen atoms in total. The summed E-state index contributed by atoms with van der Waals surface area (Å²) >= 11 is 1.76. The van der Waals surface area contributed by atoms with Gasteiger partial charge in [-0.25, -0.2) is 0 Å². The molecule has 2 atom stereocenters. The van der Waals surface area contributed by atoms with Crippen molar-refractivity contribution in [2.75, 3.05) is 5.75 Å². The number of hydrogen-bond donors (Lipinski definition) is 2. The Hall–Kier alpha value is 0.270. The van der Waals surface area contributed by atoms with Crippen molar-refractivity contribution in [2.45, 2.75) is 17.8 Å². The van der Waals surface area contributed by atoms with Gasteiger partial charge in [0.15, 0.2) is 0 Å². The third-order valence-electron chi connectivity index (χ3n) is 1.18. The van der Waals surface area contributed by atoms with Crippen LogP contribution in [0.3, 0.4) is 0 Å². The van der Waals surface area contributed by atoms with Crippen molar-refractivity contribution in [2.24, 2.45) is 11.5 Å². The van der Waals surface area contributed by atoms with Crippen LogP contribution in [-0.4, -0.2) is 17.2 Å². The monoisotopic (exact) mass is 118 g/mol. The smallest absolute Gasteiger partial charge is 0.0660 e. The Kier molecular flexibility index (Phi) is 1.57. The van der Waals surface area contributed by atoms with Gasteiger partial charge in [0, 0.05) is 6.04 Å². The van der Waals surface area contributed by atoms with Gasteiger partial charge < -0.3 is 11.5 Å². The van der Waals surface area contributed by atoms with E-state index in [1.807, 2.05) is 0 Å². The van der Waals surface area contributed by atoms with Gasteiger partial charge in [-0.05, 0) is 12.2 Å². The van der Waals surface area contributed by atoms with Crippen LogP contribution < -0.4 is 11.5 Å². The van der Waals surface area contributed by atoms with Crippen molar-refractivity contribution in [1.82, 2.24) is 0 Å². The first-order valence-electron chi connectivity index (χ1n) is 2.43. The number of nitrogens with two attached hydrogens (primary N) is 2. The van der Waals surface area contributed by atoms with Gasteiger partial charge in [-0.15, -0.1) is 11.8 Å². The molecule has 3 heteroatoms. The third kappa shape index (κ3) is 1.08. The lowest BCUT2D eigenvalue weighted by Crippen LogP contribution is -2.34. The summed E-state index contributed by atoms with van der Waals surface area (Å²) in [6, 6.07) is 0.255. The number of rotatable bonds is 0. The van der Waals surface area contributed by atoms with E-state index >= 15 is 0 Å². The van der Waals surface area contributed by atoms with E-state index < -0.39 is 0 Å². The highest BCUT2D eigenvalue weighted by Gasteiger charge is 2.19. The molecule has 1 aliphatic rings. The van der Waals surface area contributed by atoms with Gasteiger partial charge in [-0.3, -0.25) is 0 Å². The van der Waals surface area contributed by atoms with Crippen LogP contribution >= 0.6 is 11.8 Å². The molecule has 7 heavy (non-hydrogen) atoms. The number of hydrogen-bond acceptors (Lipinski definition) is 3. The van der Waals surface area contributed by atoms with Crippen molar-refractivity contribution in [1.29, 1.82) is 0 Å². The quantitative estimate of drug-likeness (QED) is 0.460. The van der Waals surface area contributed by atoms with E-state index in [9.17, 15) is 0 Å². The molecule has 1 heterocycles. The minimum absolute atomic E-state index is 0.208. The zero-order valence-corrected chi connectivity index (χ0v) is 4.95. The summed E-state index contributed by atoms with van der Waals surface area (Å²) in [5.41, 5.74) is 11.0. The van der Waals surface area contributed by atoms with E-state index in [2.05, 4.69) is 0 Å². The highest BCUT2D eigenvalue weighted by atomic mass is 32.2. The van der Waals surface area contributed by atoms with E-state index in [1.165, 1.54) is 0 Å². The standard InChI is InChI=1S/C4H10N2S/c5-3-1-2-7-4(3)6/h3-4H,1-2,5-6H2. The predicted molar refractivity (Wildman–Crippen MR) is 33.0 cm³/mol. The molecule has 1 saturated heterocycles. The van der Waals surface area contributed by atoms with Gasteiger partial charge in [0.25, 0.3) is 0 Å². The Labute approximate surface area is 47.6 Å². The van der Waals surface area contributed by atoms with Crippen molar-refractivity contribution >= 4 is 11.8 Å². The zero-order chi connectivity index (χ0) is 5.28. The normalized spacial score (nSPS) is 42.0. The first-order chi connectivity index (χ1) is 3.30. The summed E-state index contributed by atoms with van der Waals surface area (Å²) in [5.74, 6) is 1.14. The summed E-state index contributed by atoms with van der Waals surface area (Å²) in [4.78, 5) is 0. The van der Waals surface area contributed by atoms with Gasteiger partial charge in [0.1, 0.15) is 0 Å². The maximum Gasteiger partial charge on any atom is 0.0660 e. The molecule has 0 spiro atoms. The minimum Gasteiger partial charge on any atom is -0.326 e. The van der Waals surface area contributed by atoms with Crippen LogP contribution in [0.25, 0.3) is 0 Å². The lowest BCUT2D eigenvalue weighted by molar-refractivity contribution is 0.662. The third-order valence-corrected chi connectivity index (χ3v) is 2.39. The molecule has 0 saturated carbocycles. The fourth-order valence-electron chi connectivity index (χ4n) is 0.628. The second-order valence-corrected chi connectivity index (χ2v) is 3.07. The Morgan fingerprint density at radius 3 is 2.29 bits per heavy atom. The Morgan fingerprint density at radius 1 is 1.43 bits per heavy atom. The second kappa shape index (κ2) is 2.03. The maximum atomic E-state index is 5.53. The van der Waals surface area contributed by atoms with Crippen LogP contribution in [0, 0.1) is 0 Å². The summed E-state index contributed by atoms with van der Waals surface area (Å²) in [7, 11) is 0. The minimum atomic E-state index is 0.208. The molecule has 1 rings (SSSR count). The van der Waals surface area contributed by atoms with Gasteiger partial charge in [-0.2, -0.15) is 0 Å². The Morgan fingerprint density at radius 2 is 2.14 bits per heavy atom. The van der Waals surface area contributed by atoms with Crippen LogP contribution in [0.2, 0.25) is 0 Å². The Balaban J connectivity index is 2.33. The average Bonchev–Trinajstić information content (AvgIpc) is 1.91. The van der Waals surface area contributed by atoms with Gasteiger partial charge in [0.05, 0.1) is 5.37 Å². The van der Waals surface area contributed by atoms with Crippen molar-refractivity contribution in [3.05, 3.63) is 0 Å². The van der Waals surface area contributed by atoms with E-state index in [0.29, 0.717) is 0 Å². The van der Waals surface area contributed by atoms with E-state index in [-0.39, 0.29) is 11.4 Å². The van der Waals surface area contributed by atoms with Crippen LogP contribution in [0.5, 0.6) is 0 Å². The predicted octanol–water partition coefficient (Wildman–Crippen LogP) is -0.265. The first-order valence-corrected chi connectivity index (χ1v) is 3.48. The molecule has 4 N–H and O–H groups in total. The SMILES string of the molecule is NC1CCSC1N. The van der Waals surface area contributed by atoms with E-state index in [0.717, 1.165) is 12.2 Å². The van der Waals surface area contributed by atoms with Crippen LogP contribution in [-0.2, 0) is 0 Å². The van der Waals surface area contributed by atoms with Crippen LogP contribution in [0.4, 0.5) is 0 Å². The topological polar surface area (TPSA) is 52.0 Å². The molecular formula is C4H10N2S. The maximum absolute atomic E-state index is 5.53. The van der Waals surface area contributed by atoms with Gasteiger partial charge in [-0.1, -0.05) is 0 Å². The van der Waals surface area contributed by atoms with Crippen molar-refractivity contribution in [3.63, 3.8) is 0 Å². The molecule has 42 valence electrons. The molecule has 1 fully saturated rings. The molecule has 0 aliphatic carbocycles. The molecule has 0 amide bonds. The molecule has 1 aliphatic heterocycles. The molecule has 0 aromatic rings. The van der Waals surface area contributed by atoms with Crippen LogP contribution in [0.15, 0.2) is 0 Å². The molecular weight excluding hydrogens is 108 g/mol. The highest BCUT2D eigenvalue weighted by molar-refractivity contribution is 8.00. The Bertz CT molecular complexity index is 58.7. The molecule has 0 bridgehead atoms. The lowest BCUT2D eigenvalue weighted by Gasteiger charge is -2.04. The molecule has 0 aromatic carbocycles. The number of thioether (sulfide) groups is 1. The fraction of sp³-hybridized carbons (Fsp3) is 1.00. The van der Waals surface area contributed by atoms with Gasteiger partial charge in [0.2, 0.25) is 0 Å². The van der Waals surface area contributed by atoms with Gasteiger partial charge >= 0.3 is 0 Å². The average molecular weight is 118 g/mol. The summed E-state index contributed by atoms with van der Waals surface area (Å²) in [6.07, 6.45) is 1.09. The molecule has 2 unspecified atom stereocenters. The molecule has 0 radical (unpaired) electrons. The highest BCUT2D eigenvalue weighted by Crippen LogP contribution is 2.20. The second-order valence-electron chi connectivity index (χ2n) is 1.79. The zero-order valence-electron chi connectivity index (χ0n) is 4.13. The fourth-order valence-corrected chi connectivity index (χ4v) is 1.69.